The maximum absolute atomic E-state index is 9.29. The Labute approximate surface area is 71.0 Å². The Balaban J connectivity index is 2.85. The molecule has 58 valence electrons. The summed E-state index contributed by atoms with van der Waals surface area (Å²) in [6.07, 6.45) is 0. The van der Waals surface area contributed by atoms with Crippen LogP contribution in [0.5, 0.6) is 0 Å². The molecule has 1 aromatic carbocycles. The molecule has 0 amide bonds. The number of nitrogens with zero attached hydrogens (tertiary/aromatic N) is 1. The summed E-state index contributed by atoms with van der Waals surface area (Å²) in [4.78, 5) is 0.441. The molecule has 0 saturated carbocycles. The van der Waals surface area contributed by atoms with Gasteiger partial charge < -0.3 is 0 Å². The maximum Gasteiger partial charge on any atom is 0.106 e. The van der Waals surface area contributed by atoms with Crippen LogP contribution in [0.15, 0.2) is 30.3 Å². The molecule has 0 radical (unpaired) electrons. The van der Waals surface area contributed by atoms with Crippen molar-refractivity contribution in [1.29, 1.82) is 0 Å². The standard InChI is InChI=1S/C8H9NOS/c1-7(11)9(10)8-5-3-2-4-6-8/h2-6,10H,1H3. The van der Waals surface area contributed by atoms with Gasteiger partial charge in [-0.15, -0.1) is 0 Å². The molecule has 0 aliphatic heterocycles. The molecule has 3 heteroatoms. The molecule has 1 rings (SSSR count). The van der Waals surface area contributed by atoms with E-state index in [-0.39, 0.29) is 0 Å². The quantitative estimate of drug-likeness (QED) is 0.512. The van der Waals surface area contributed by atoms with Crippen molar-refractivity contribution in [1.82, 2.24) is 0 Å². The van der Waals surface area contributed by atoms with Crippen molar-refractivity contribution >= 4 is 22.9 Å². The Morgan fingerprint density at radius 1 is 1.36 bits per heavy atom. The molecule has 0 aliphatic rings. The van der Waals surface area contributed by atoms with Crippen molar-refractivity contribution in [2.24, 2.45) is 0 Å². The third kappa shape index (κ3) is 2.00. The predicted octanol–water partition coefficient (Wildman–Crippen LogP) is 2.23. The van der Waals surface area contributed by atoms with E-state index in [1.54, 1.807) is 19.1 Å². The zero-order valence-corrected chi connectivity index (χ0v) is 7.01. The number of benzene rings is 1. The van der Waals surface area contributed by atoms with E-state index in [1.165, 1.54) is 0 Å². The second-order valence-electron chi connectivity index (χ2n) is 2.17. The van der Waals surface area contributed by atoms with E-state index in [9.17, 15) is 5.21 Å². The van der Waals surface area contributed by atoms with Gasteiger partial charge in [-0.25, -0.2) is 5.06 Å². The van der Waals surface area contributed by atoms with Gasteiger partial charge >= 0.3 is 0 Å². The van der Waals surface area contributed by atoms with E-state index in [4.69, 9.17) is 12.2 Å². The monoisotopic (exact) mass is 167 g/mol. The molecule has 1 N–H and O–H groups in total. The highest BCUT2D eigenvalue weighted by atomic mass is 32.1. The Hall–Kier alpha value is -0.930. The highest BCUT2D eigenvalue weighted by Gasteiger charge is 2.01. The summed E-state index contributed by atoms with van der Waals surface area (Å²) in [5, 5.41) is 10.3. The summed E-state index contributed by atoms with van der Waals surface area (Å²) in [5.41, 5.74) is 0.694. The van der Waals surface area contributed by atoms with Crippen molar-refractivity contribution in [3.05, 3.63) is 30.3 Å². The van der Waals surface area contributed by atoms with E-state index in [0.717, 1.165) is 5.06 Å². The van der Waals surface area contributed by atoms with Crippen LogP contribution in [0.4, 0.5) is 5.69 Å². The lowest BCUT2D eigenvalue weighted by Gasteiger charge is -2.13. The number of anilines is 1. The fourth-order valence-corrected chi connectivity index (χ4v) is 0.856. The van der Waals surface area contributed by atoms with E-state index < -0.39 is 0 Å². The topological polar surface area (TPSA) is 23.5 Å². The van der Waals surface area contributed by atoms with Gasteiger partial charge in [-0.05, 0) is 19.1 Å². The van der Waals surface area contributed by atoms with Crippen LogP contribution in [0.3, 0.4) is 0 Å². The van der Waals surface area contributed by atoms with Gasteiger partial charge in [0.1, 0.15) is 4.99 Å². The summed E-state index contributed by atoms with van der Waals surface area (Å²) >= 11 is 4.78. The van der Waals surface area contributed by atoms with Crippen molar-refractivity contribution in [2.75, 3.05) is 5.06 Å². The molecule has 11 heavy (non-hydrogen) atoms. The third-order valence-corrected chi connectivity index (χ3v) is 1.47. The molecule has 1 aromatic rings. The molecule has 0 atom stereocenters. The molecule has 0 fully saturated rings. The average Bonchev–Trinajstić information content (AvgIpc) is 2.05. The third-order valence-electron chi connectivity index (χ3n) is 1.30. The zero-order chi connectivity index (χ0) is 8.27. The SMILES string of the molecule is CC(=S)N(O)c1ccccc1. The summed E-state index contributed by atoms with van der Waals surface area (Å²) in [6.45, 7) is 1.67. The van der Waals surface area contributed by atoms with Gasteiger partial charge in [-0.2, -0.15) is 0 Å². The lowest BCUT2D eigenvalue weighted by Crippen LogP contribution is -2.21. The molecule has 0 saturated heterocycles. The fraction of sp³-hybridized carbons (Fsp3) is 0.125. The van der Waals surface area contributed by atoms with Crippen LogP contribution in [0.25, 0.3) is 0 Å². The van der Waals surface area contributed by atoms with E-state index in [1.807, 2.05) is 18.2 Å². The summed E-state index contributed by atoms with van der Waals surface area (Å²) in [6, 6.07) is 9.15. The number of para-hydroxylation sites is 1. The average molecular weight is 167 g/mol. The van der Waals surface area contributed by atoms with Gasteiger partial charge in [0.2, 0.25) is 0 Å². The molecular weight excluding hydrogens is 158 g/mol. The first kappa shape index (κ1) is 8.17. The first-order valence-corrected chi connectivity index (χ1v) is 3.67. The van der Waals surface area contributed by atoms with E-state index >= 15 is 0 Å². The van der Waals surface area contributed by atoms with Gasteiger partial charge in [0.15, 0.2) is 0 Å². The van der Waals surface area contributed by atoms with Gasteiger partial charge in [0.25, 0.3) is 0 Å². The van der Waals surface area contributed by atoms with Crippen molar-refractivity contribution < 1.29 is 5.21 Å². The van der Waals surface area contributed by atoms with E-state index in [0.29, 0.717) is 10.7 Å². The predicted molar refractivity (Wildman–Crippen MR) is 49.0 cm³/mol. The fourth-order valence-electron chi connectivity index (χ4n) is 0.751. The molecule has 0 aromatic heterocycles. The maximum atomic E-state index is 9.29. The van der Waals surface area contributed by atoms with Crippen molar-refractivity contribution in [3.8, 4) is 0 Å². The second-order valence-corrected chi connectivity index (χ2v) is 2.76. The molecule has 2 nitrogen and oxygen atoms in total. The van der Waals surface area contributed by atoms with Crippen LogP contribution >= 0.6 is 12.2 Å². The molecule has 0 bridgehead atoms. The second kappa shape index (κ2) is 3.46. The highest BCUT2D eigenvalue weighted by Crippen LogP contribution is 2.10. The lowest BCUT2D eigenvalue weighted by atomic mass is 10.3. The molecule has 0 unspecified atom stereocenters. The van der Waals surface area contributed by atoms with Gasteiger partial charge in [0, 0.05) is 0 Å². The summed E-state index contributed by atoms with van der Waals surface area (Å²) in [7, 11) is 0. The Morgan fingerprint density at radius 2 is 1.91 bits per heavy atom. The summed E-state index contributed by atoms with van der Waals surface area (Å²) < 4.78 is 0. The van der Waals surface area contributed by atoms with Crippen molar-refractivity contribution in [3.63, 3.8) is 0 Å². The van der Waals surface area contributed by atoms with Crippen LogP contribution in [0.2, 0.25) is 0 Å². The normalized spacial score (nSPS) is 9.27. The number of hydroxylamine groups is 1. The first-order chi connectivity index (χ1) is 5.22. The van der Waals surface area contributed by atoms with E-state index in [2.05, 4.69) is 0 Å². The number of hydrogen-bond acceptors (Lipinski definition) is 2. The van der Waals surface area contributed by atoms with Crippen LogP contribution in [0.1, 0.15) is 6.92 Å². The molecular formula is C8H9NOS. The smallest absolute Gasteiger partial charge is 0.106 e. The van der Waals surface area contributed by atoms with Crippen LogP contribution in [-0.4, -0.2) is 10.2 Å². The number of thiocarbonyl (C=S) groups is 1. The molecule has 0 heterocycles. The number of hydrogen-bond donors (Lipinski definition) is 1. The largest absolute Gasteiger partial charge is 0.283 e. The summed E-state index contributed by atoms with van der Waals surface area (Å²) in [5.74, 6) is 0. The van der Waals surface area contributed by atoms with Gasteiger partial charge in [-0.3, -0.25) is 5.21 Å². The Kier molecular flexibility index (Phi) is 2.57. The van der Waals surface area contributed by atoms with Gasteiger partial charge in [0.05, 0.1) is 5.69 Å². The van der Waals surface area contributed by atoms with Crippen LogP contribution in [0, 0.1) is 0 Å². The minimum Gasteiger partial charge on any atom is -0.283 e. The highest BCUT2D eigenvalue weighted by molar-refractivity contribution is 7.80. The lowest BCUT2D eigenvalue weighted by molar-refractivity contribution is 0.314. The van der Waals surface area contributed by atoms with Gasteiger partial charge in [-0.1, -0.05) is 30.4 Å². The molecule has 0 aliphatic carbocycles. The van der Waals surface area contributed by atoms with Crippen LogP contribution in [-0.2, 0) is 0 Å². The Bertz CT molecular complexity index is 248. The molecule has 0 spiro atoms. The Morgan fingerprint density at radius 3 is 2.36 bits per heavy atom. The van der Waals surface area contributed by atoms with Crippen molar-refractivity contribution in [2.45, 2.75) is 6.92 Å². The zero-order valence-electron chi connectivity index (χ0n) is 6.19. The minimum absolute atomic E-state index is 0.441. The minimum atomic E-state index is 0.441. The number of rotatable bonds is 1. The van der Waals surface area contributed by atoms with Crippen LogP contribution < -0.4 is 5.06 Å². The first-order valence-electron chi connectivity index (χ1n) is 3.26.